The molecular weight excluding hydrogens is 309 g/mol. The molecule has 0 atom stereocenters. The van der Waals surface area contributed by atoms with E-state index < -0.39 is 0 Å². The van der Waals surface area contributed by atoms with Crippen molar-refractivity contribution in [3.63, 3.8) is 0 Å². The number of nitrogens with zero attached hydrogens (tertiary/aromatic N) is 2. The Morgan fingerprint density at radius 1 is 1.53 bits per heavy atom. The molecule has 0 aromatic carbocycles. The first-order chi connectivity index (χ1) is 9.01. The summed E-state index contributed by atoms with van der Waals surface area (Å²) in [5, 5.41) is 2.92. The van der Waals surface area contributed by atoms with E-state index in [-0.39, 0.29) is 11.5 Å². The zero-order valence-electron chi connectivity index (χ0n) is 9.81. The minimum Gasteiger partial charge on any atom is -0.311 e. The van der Waals surface area contributed by atoms with Gasteiger partial charge in [0.15, 0.2) is 0 Å². The SMILES string of the molecule is CCn1cc(NC(=O)c2cc(Cl)c(Cl)s2)ncc1=O. The maximum atomic E-state index is 11.9. The molecule has 5 nitrogen and oxygen atoms in total. The van der Waals surface area contributed by atoms with Gasteiger partial charge in [-0.3, -0.25) is 9.59 Å². The lowest BCUT2D eigenvalue weighted by molar-refractivity contribution is 0.103. The van der Waals surface area contributed by atoms with Gasteiger partial charge < -0.3 is 9.88 Å². The molecule has 0 saturated heterocycles. The van der Waals surface area contributed by atoms with Crippen LogP contribution in [0.2, 0.25) is 9.36 Å². The van der Waals surface area contributed by atoms with Crippen LogP contribution in [0.4, 0.5) is 5.82 Å². The van der Waals surface area contributed by atoms with Gasteiger partial charge in [0.1, 0.15) is 10.2 Å². The molecule has 0 radical (unpaired) electrons. The van der Waals surface area contributed by atoms with Crippen LogP contribution < -0.4 is 10.9 Å². The van der Waals surface area contributed by atoms with Crippen LogP contribution in [0.25, 0.3) is 0 Å². The molecule has 2 rings (SSSR count). The van der Waals surface area contributed by atoms with Gasteiger partial charge >= 0.3 is 0 Å². The molecule has 0 aliphatic carbocycles. The van der Waals surface area contributed by atoms with Crippen molar-refractivity contribution in [2.24, 2.45) is 0 Å². The molecule has 2 heterocycles. The van der Waals surface area contributed by atoms with E-state index in [9.17, 15) is 9.59 Å². The lowest BCUT2D eigenvalue weighted by atomic mass is 10.4. The van der Waals surface area contributed by atoms with E-state index >= 15 is 0 Å². The van der Waals surface area contributed by atoms with Crippen LogP contribution in [0.15, 0.2) is 23.3 Å². The maximum absolute atomic E-state index is 11.9. The third-order valence-corrected chi connectivity index (χ3v) is 4.19. The van der Waals surface area contributed by atoms with E-state index in [1.54, 1.807) is 0 Å². The van der Waals surface area contributed by atoms with Crippen LogP contribution in [0.3, 0.4) is 0 Å². The second-order valence-corrected chi connectivity index (χ2v) is 5.64. The Balaban J connectivity index is 2.21. The number of halogens is 2. The fraction of sp³-hybridized carbons (Fsp3) is 0.182. The van der Waals surface area contributed by atoms with Gasteiger partial charge in [-0.05, 0) is 13.0 Å². The number of carbonyl (C=O) groups is 1. The van der Waals surface area contributed by atoms with Gasteiger partial charge in [-0.1, -0.05) is 23.2 Å². The fourth-order valence-electron chi connectivity index (χ4n) is 1.39. The number of thiophene rings is 1. The topological polar surface area (TPSA) is 64.0 Å². The molecule has 2 aromatic heterocycles. The number of aromatic nitrogens is 2. The molecule has 0 bridgehead atoms. The Morgan fingerprint density at radius 2 is 2.26 bits per heavy atom. The van der Waals surface area contributed by atoms with Crippen molar-refractivity contribution < 1.29 is 4.79 Å². The number of carbonyl (C=O) groups excluding carboxylic acids is 1. The van der Waals surface area contributed by atoms with Crippen LogP contribution in [0.5, 0.6) is 0 Å². The summed E-state index contributed by atoms with van der Waals surface area (Å²) < 4.78 is 1.80. The molecule has 100 valence electrons. The Kier molecular flexibility index (Phi) is 4.24. The number of nitrogens with one attached hydrogen (secondary N) is 1. The summed E-state index contributed by atoms with van der Waals surface area (Å²) >= 11 is 12.7. The van der Waals surface area contributed by atoms with Crippen molar-refractivity contribution >= 4 is 46.3 Å². The summed E-state index contributed by atoms with van der Waals surface area (Å²) in [4.78, 5) is 27.5. The molecule has 0 unspecified atom stereocenters. The van der Waals surface area contributed by atoms with Gasteiger partial charge in [-0.25, -0.2) is 4.98 Å². The standard InChI is InChI=1S/C11H9Cl2N3O2S/c1-2-16-5-8(14-4-9(16)17)15-11(18)7-3-6(12)10(13)19-7/h3-5H,2H2,1H3,(H,15,18). The highest BCUT2D eigenvalue weighted by molar-refractivity contribution is 7.18. The molecule has 1 amide bonds. The van der Waals surface area contributed by atoms with Gasteiger partial charge in [-0.15, -0.1) is 11.3 Å². The van der Waals surface area contributed by atoms with Crippen molar-refractivity contribution in [3.8, 4) is 0 Å². The average molecular weight is 318 g/mol. The van der Waals surface area contributed by atoms with Crippen LogP contribution in [0, 0.1) is 0 Å². The largest absolute Gasteiger partial charge is 0.311 e. The van der Waals surface area contributed by atoms with E-state index in [1.807, 2.05) is 6.92 Å². The molecule has 8 heteroatoms. The second-order valence-electron chi connectivity index (χ2n) is 3.58. The van der Waals surface area contributed by atoms with Crippen molar-refractivity contribution in [1.29, 1.82) is 0 Å². The van der Waals surface area contributed by atoms with E-state index in [0.717, 1.165) is 17.5 Å². The molecule has 1 N–H and O–H groups in total. The predicted molar refractivity (Wildman–Crippen MR) is 76.5 cm³/mol. The monoisotopic (exact) mass is 317 g/mol. The molecule has 0 fully saturated rings. The lowest BCUT2D eigenvalue weighted by Gasteiger charge is -2.05. The molecule has 2 aromatic rings. The van der Waals surface area contributed by atoms with Crippen LogP contribution in [-0.4, -0.2) is 15.5 Å². The highest BCUT2D eigenvalue weighted by atomic mass is 35.5. The van der Waals surface area contributed by atoms with Gasteiger partial charge in [0.25, 0.3) is 11.5 Å². The summed E-state index contributed by atoms with van der Waals surface area (Å²) in [6.07, 6.45) is 2.64. The van der Waals surface area contributed by atoms with E-state index in [1.165, 1.54) is 16.8 Å². The average Bonchev–Trinajstić information content (AvgIpc) is 2.72. The number of hydrogen-bond donors (Lipinski definition) is 1. The zero-order valence-corrected chi connectivity index (χ0v) is 12.1. The summed E-state index contributed by atoms with van der Waals surface area (Å²) in [6.45, 7) is 2.33. The van der Waals surface area contributed by atoms with Crippen LogP contribution >= 0.6 is 34.5 Å². The number of aryl methyl sites for hydroxylation is 1. The number of rotatable bonds is 3. The first-order valence-electron chi connectivity index (χ1n) is 5.34. The maximum Gasteiger partial charge on any atom is 0.269 e. The van der Waals surface area contributed by atoms with Gasteiger partial charge in [0.2, 0.25) is 0 Å². The molecule has 0 saturated carbocycles. The second kappa shape index (κ2) is 5.73. The first kappa shape index (κ1) is 14.0. The Morgan fingerprint density at radius 3 is 2.84 bits per heavy atom. The van der Waals surface area contributed by atoms with Crippen molar-refractivity contribution in [1.82, 2.24) is 9.55 Å². The third kappa shape index (κ3) is 3.15. The molecule has 0 spiro atoms. The van der Waals surface area contributed by atoms with Gasteiger partial charge in [-0.2, -0.15) is 0 Å². The molecule has 0 aliphatic rings. The minimum atomic E-state index is -0.368. The summed E-state index contributed by atoms with van der Waals surface area (Å²) in [6, 6.07) is 1.49. The molecule has 19 heavy (non-hydrogen) atoms. The molecule has 0 aliphatic heterocycles. The number of anilines is 1. The molecular formula is C11H9Cl2N3O2S. The van der Waals surface area contributed by atoms with E-state index in [2.05, 4.69) is 10.3 Å². The van der Waals surface area contributed by atoms with E-state index in [4.69, 9.17) is 23.2 Å². The Hall–Kier alpha value is -1.37. The van der Waals surface area contributed by atoms with Crippen molar-refractivity contribution in [2.45, 2.75) is 13.5 Å². The first-order valence-corrected chi connectivity index (χ1v) is 6.91. The summed E-state index contributed by atoms with van der Waals surface area (Å²) in [5.74, 6) is -0.0697. The quantitative estimate of drug-likeness (QED) is 0.946. The predicted octanol–water partition coefficient (Wildman–Crippen LogP) is 2.88. The number of hydrogen-bond acceptors (Lipinski definition) is 4. The minimum absolute atomic E-state index is 0.220. The summed E-state index contributed by atoms with van der Waals surface area (Å²) in [5.41, 5.74) is -0.220. The highest BCUT2D eigenvalue weighted by Gasteiger charge is 2.13. The van der Waals surface area contributed by atoms with Gasteiger partial charge in [0, 0.05) is 6.54 Å². The van der Waals surface area contributed by atoms with Crippen LogP contribution in [-0.2, 0) is 6.54 Å². The smallest absolute Gasteiger partial charge is 0.269 e. The lowest BCUT2D eigenvalue weighted by Crippen LogP contribution is -2.21. The van der Waals surface area contributed by atoms with Crippen molar-refractivity contribution in [2.75, 3.05) is 5.32 Å². The van der Waals surface area contributed by atoms with Crippen molar-refractivity contribution in [3.05, 3.63) is 43.0 Å². The Bertz CT molecular complexity index is 661. The third-order valence-electron chi connectivity index (χ3n) is 2.33. The number of amides is 1. The Labute approximate surface area is 122 Å². The highest BCUT2D eigenvalue weighted by Crippen LogP contribution is 2.31. The normalized spacial score (nSPS) is 10.5. The zero-order chi connectivity index (χ0) is 14.0. The van der Waals surface area contributed by atoms with E-state index in [0.29, 0.717) is 26.6 Å². The van der Waals surface area contributed by atoms with Gasteiger partial charge in [0.05, 0.1) is 22.3 Å². The summed E-state index contributed by atoms with van der Waals surface area (Å²) in [7, 11) is 0. The fourth-order valence-corrected chi connectivity index (χ4v) is 2.66. The van der Waals surface area contributed by atoms with Crippen LogP contribution in [0.1, 0.15) is 16.6 Å².